The van der Waals surface area contributed by atoms with Crippen molar-refractivity contribution in [2.24, 2.45) is 23.2 Å². The minimum atomic E-state index is -0.438. The van der Waals surface area contributed by atoms with Crippen LogP contribution < -0.4 is 5.32 Å². The first-order valence-corrected chi connectivity index (χ1v) is 13.1. The fourth-order valence-electron chi connectivity index (χ4n) is 3.72. The van der Waals surface area contributed by atoms with Gasteiger partial charge in [-0.1, -0.05) is 74.8 Å². The number of rotatable bonds is 13. The maximum absolute atomic E-state index is 13.0. The summed E-state index contributed by atoms with van der Waals surface area (Å²) in [6.45, 7) is 22.6. The van der Waals surface area contributed by atoms with Crippen molar-refractivity contribution in [3.63, 3.8) is 0 Å². The average Bonchev–Trinajstić information content (AvgIpc) is 2.77. The topological polar surface area (TPSA) is 75.7 Å². The lowest BCUT2D eigenvalue weighted by molar-refractivity contribution is -0.138. The zero-order valence-corrected chi connectivity index (χ0v) is 24.2. The van der Waals surface area contributed by atoms with E-state index in [2.05, 4.69) is 39.9 Å². The number of likely N-dealkylation sites (N-methyl/N-ethyl adjacent to an activating group) is 1. The Morgan fingerprint density at radius 3 is 1.85 bits per heavy atom. The average molecular weight is 483 g/mol. The molecule has 1 N–H and O–H groups in total. The summed E-state index contributed by atoms with van der Waals surface area (Å²) >= 11 is 0. The van der Waals surface area contributed by atoms with E-state index in [0.717, 1.165) is 31.6 Å². The number of ether oxygens (including phenoxy) is 1. The van der Waals surface area contributed by atoms with Gasteiger partial charge in [-0.05, 0) is 50.9 Å². The largest absolute Gasteiger partial charge is 0.463 e. The third kappa shape index (κ3) is 12.6. The van der Waals surface area contributed by atoms with E-state index >= 15 is 0 Å². The van der Waals surface area contributed by atoms with E-state index in [1.165, 1.54) is 0 Å². The SMILES string of the molecule is CC(C)C.CCOC(=O)/C(C)=C/[C@H](C(C)C)N(C)C(=O)CNC(=O)C(CC)(CC)CC(C)CC. The van der Waals surface area contributed by atoms with Crippen LogP contribution in [0.4, 0.5) is 0 Å². The van der Waals surface area contributed by atoms with Crippen LogP contribution in [0.15, 0.2) is 11.6 Å². The Hall–Kier alpha value is -1.85. The molecule has 0 aromatic rings. The molecule has 2 amide bonds. The molecule has 200 valence electrons. The van der Waals surface area contributed by atoms with Gasteiger partial charge in [-0.3, -0.25) is 9.59 Å². The highest BCUT2D eigenvalue weighted by atomic mass is 16.5. The molecular formula is C28H54N2O4. The Morgan fingerprint density at radius 1 is 0.971 bits per heavy atom. The minimum Gasteiger partial charge on any atom is -0.463 e. The summed E-state index contributed by atoms with van der Waals surface area (Å²) in [6, 6.07) is -0.263. The molecule has 0 saturated heterocycles. The predicted molar refractivity (Wildman–Crippen MR) is 142 cm³/mol. The lowest BCUT2D eigenvalue weighted by Gasteiger charge is -2.33. The molecule has 0 rings (SSSR count). The first-order chi connectivity index (χ1) is 15.7. The van der Waals surface area contributed by atoms with E-state index in [1.807, 2.05) is 27.7 Å². The van der Waals surface area contributed by atoms with Gasteiger partial charge in [0.05, 0.1) is 19.2 Å². The molecule has 0 aromatic heterocycles. The summed E-state index contributed by atoms with van der Waals surface area (Å²) in [7, 11) is 1.71. The fourth-order valence-corrected chi connectivity index (χ4v) is 3.72. The Bertz CT molecular complexity index is 634. The minimum absolute atomic E-state index is 0.0473. The first-order valence-electron chi connectivity index (χ1n) is 13.1. The van der Waals surface area contributed by atoms with Gasteiger partial charge in [-0.25, -0.2) is 4.79 Å². The molecule has 2 atom stereocenters. The second kappa shape index (κ2) is 17.6. The van der Waals surface area contributed by atoms with E-state index in [0.29, 0.717) is 18.1 Å². The number of carbonyl (C=O) groups excluding carboxylic acids is 3. The maximum Gasteiger partial charge on any atom is 0.333 e. The Kier molecular flexibility index (Phi) is 17.7. The predicted octanol–water partition coefficient (Wildman–Crippen LogP) is 6.00. The van der Waals surface area contributed by atoms with Crippen LogP contribution in [0.5, 0.6) is 0 Å². The third-order valence-corrected chi connectivity index (χ3v) is 6.21. The molecule has 0 spiro atoms. The van der Waals surface area contributed by atoms with Crippen molar-refractivity contribution < 1.29 is 19.1 Å². The van der Waals surface area contributed by atoms with Gasteiger partial charge in [0, 0.05) is 18.0 Å². The molecule has 0 aromatic carbocycles. The van der Waals surface area contributed by atoms with Crippen molar-refractivity contribution in [1.29, 1.82) is 0 Å². The van der Waals surface area contributed by atoms with E-state index in [4.69, 9.17) is 4.74 Å². The zero-order chi connectivity index (χ0) is 27.1. The Morgan fingerprint density at radius 2 is 1.47 bits per heavy atom. The monoisotopic (exact) mass is 482 g/mol. The van der Waals surface area contributed by atoms with Crippen LogP contribution >= 0.6 is 0 Å². The number of hydrogen-bond acceptors (Lipinski definition) is 4. The van der Waals surface area contributed by atoms with Crippen molar-refractivity contribution in [3.05, 3.63) is 11.6 Å². The second-order valence-electron chi connectivity index (χ2n) is 10.4. The molecule has 0 radical (unpaired) electrons. The summed E-state index contributed by atoms with van der Waals surface area (Å²) < 4.78 is 5.04. The van der Waals surface area contributed by atoms with Crippen molar-refractivity contribution in [3.8, 4) is 0 Å². The van der Waals surface area contributed by atoms with Crippen LogP contribution in [-0.2, 0) is 19.1 Å². The molecule has 34 heavy (non-hydrogen) atoms. The smallest absolute Gasteiger partial charge is 0.333 e. The Balaban J connectivity index is 0. The normalized spacial score (nSPS) is 13.6. The van der Waals surface area contributed by atoms with E-state index in [-0.39, 0.29) is 36.3 Å². The highest BCUT2D eigenvalue weighted by Crippen LogP contribution is 2.35. The lowest BCUT2D eigenvalue weighted by atomic mass is 9.74. The summed E-state index contributed by atoms with van der Waals surface area (Å²) in [4.78, 5) is 39.4. The first kappa shape index (κ1) is 34.3. The molecule has 0 aliphatic rings. The van der Waals surface area contributed by atoms with Crippen LogP contribution in [0.2, 0.25) is 0 Å². The maximum atomic E-state index is 13.0. The van der Waals surface area contributed by atoms with Crippen molar-refractivity contribution in [2.75, 3.05) is 20.2 Å². The number of carbonyl (C=O) groups is 3. The number of amides is 2. The van der Waals surface area contributed by atoms with Crippen LogP contribution in [-0.4, -0.2) is 48.9 Å². The molecule has 0 fully saturated rings. The quantitative estimate of drug-likeness (QED) is 0.258. The summed E-state index contributed by atoms with van der Waals surface area (Å²) in [5.74, 6) is 0.789. The highest BCUT2D eigenvalue weighted by molar-refractivity contribution is 5.89. The van der Waals surface area contributed by atoms with E-state index in [1.54, 1.807) is 31.9 Å². The van der Waals surface area contributed by atoms with Gasteiger partial charge in [0.25, 0.3) is 0 Å². The van der Waals surface area contributed by atoms with Gasteiger partial charge in [0.2, 0.25) is 11.8 Å². The van der Waals surface area contributed by atoms with Crippen LogP contribution in [0, 0.1) is 23.2 Å². The van der Waals surface area contributed by atoms with Crippen LogP contribution in [0.1, 0.15) is 102 Å². The summed E-state index contributed by atoms with van der Waals surface area (Å²) in [6.07, 6.45) is 5.12. The number of nitrogens with zero attached hydrogens (tertiary/aromatic N) is 1. The molecule has 6 heteroatoms. The van der Waals surface area contributed by atoms with Crippen molar-refractivity contribution >= 4 is 17.8 Å². The molecule has 0 heterocycles. The molecule has 0 bridgehead atoms. The van der Waals surface area contributed by atoms with Gasteiger partial charge in [-0.15, -0.1) is 0 Å². The summed E-state index contributed by atoms with van der Waals surface area (Å²) in [5.41, 5.74) is 0.0374. The number of hydrogen-bond donors (Lipinski definition) is 1. The third-order valence-electron chi connectivity index (χ3n) is 6.21. The van der Waals surface area contributed by atoms with Crippen LogP contribution in [0.3, 0.4) is 0 Å². The molecular weight excluding hydrogens is 428 g/mol. The van der Waals surface area contributed by atoms with Gasteiger partial charge < -0.3 is 15.0 Å². The number of nitrogens with one attached hydrogen (secondary N) is 1. The standard InChI is InChI=1S/C24H44N2O4.C4H10/c1-10-18(7)15-24(11-2,12-3)23(29)25-16-21(27)26(9)20(17(5)6)14-19(8)22(28)30-13-4;1-4(2)3/h14,17-18,20H,10-13,15-16H2,1-9H3,(H,25,29);4H,1-3H3/b19-14+;/t18?,20-;/m1./s1. The van der Waals surface area contributed by atoms with Gasteiger partial charge in [0.15, 0.2) is 0 Å². The van der Waals surface area contributed by atoms with Crippen molar-refractivity contribution in [2.45, 2.75) is 108 Å². The zero-order valence-electron chi connectivity index (χ0n) is 24.2. The molecule has 0 aliphatic heterocycles. The van der Waals surface area contributed by atoms with Crippen molar-refractivity contribution in [1.82, 2.24) is 10.2 Å². The molecule has 1 unspecified atom stereocenters. The fraction of sp³-hybridized carbons (Fsp3) is 0.821. The second-order valence-corrected chi connectivity index (χ2v) is 10.4. The lowest BCUT2D eigenvalue weighted by Crippen LogP contribution is -2.48. The van der Waals surface area contributed by atoms with Gasteiger partial charge in [0.1, 0.15) is 0 Å². The molecule has 0 aliphatic carbocycles. The molecule has 6 nitrogen and oxygen atoms in total. The van der Waals surface area contributed by atoms with Crippen LogP contribution in [0.25, 0.3) is 0 Å². The molecule has 0 saturated carbocycles. The van der Waals surface area contributed by atoms with Gasteiger partial charge in [-0.2, -0.15) is 0 Å². The summed E-state index contributed by atoms with van der Waals surface area (Å²) in [5, 5.41) is 2.88. The highest BCUT2D eigenvalue weighted by Gasteiger charge is 2.36. The van der Waals surface area contributed by atoms with Gasteiger partial charge >= 0.3 is 5.97 Å². The van der Waals surface area contributed by atoms with E-state index in [9.17, 15) is 14.4 Å². The number of esters is 1. The van der Waals surface area contributed by atoms with E-state index < -0.39 is 5.41 Å². The Labute approximate surface area is 210 Å².